The van der Waals surface area contributed by atoms with Gasteiger partial charge in [-0.15, -0.1) is 13.0 Å². The van der Waals surface area contributed by atoms with Gasteiger partial charge in [0.1, 0.15) is 6.04 Å². The van der Waals surface area contributed by atoms with E-state index in [0.717, 1.165) is 0 Å². The van der Waals surface area contributed by atoms with Gasteiger partial charge in [0, 0.05) is 6.54 Å². The highest BCUT2D eigenvalue weighted by Crippen LogP contribution is 2.00. The molecule has 0 N–H and O–H groups in total. The quantitative estimate of drug-likeness (QED) is 0.354. The second-order valence-corrected chi connectivity index (χ2v) is 2.62. The molecule has 0 radical (unpaired) electrons. The van der Waals surface area contributed by atoms with E-state index in [1.807, 2.05) is 0 Å². The molecule has 3 nitrogen and oxygen atoms in total. The summed E-state index contributed by atoms with van der Waals surface area (Å²) in [5.41, 5.74) is 0. The van der Waals surface area contributed by atoms with Crippen LogP contribution >= 0.6 is 0 Å². The van der Waals surface area contributed by atoms with Crippen molar-refractivity contribution in [2.75, 3.05) is 20.2 Å². The van der Waals surface area contributed by atoms with Gasteiger partial charge in [0.25, 0.3) is 0 Å². The molecule has 0 aliphatic carbocycles. The maximum Gasteiger partial charge on any atom is 0.322 e. The minimum Gasteiger partial charge on any atom is -0.468 e. The number of esters is 1. The van der Waals surface area contributed by atoms with Gasteiger partial charge in [-0.3, -0.25) is 9.69 Å². The molecule has 0 amide bonds. The third-order valence-corrected chi connectivity index (χ3v) is 1.75. The Kier molecular flexibility index (Phi) is 5.66. The van der Waals surface area contributed by atoms with Gasteiger partial charge < -0.3 is 4.74 Å². The Balaban J connectivity index is 4.27. The predicted octanol–water partition coefficient (Wildman–Crippen LogP) is 0.669. The first-order valence-electron chi connectivity index (χ1n) is 4.03. The SMILES string of the molecule is C#CCN(CC=C)[C@@H](C)C(=O)OC. The molecule has 0 rings (SSSR count). The first-order valence-corrected chi connectivity index (χ1v) is 4.03. The lowest BCUT2D eigenvalue weighted by Crippen LogP contribution is -2.40. The normalized spacial score (nSPS) is 11.8. The summed E-state index contributed by atoms with van der Waals surface area (Å²) in [4.78, 5) is 12.9. The Morgan fingerprint density at radius 3 is 2.85 bits per heavy atom. The molecule has 0 aliphatic rings. The van der Waals surface area contributed by atoms with Crippen molar-refractivity contribution in [1.82, 2.24) is 4.90 Å². The van der Waals surface area contributed by atoms with E-state index in [-0.39, 0.29) is 12.0 Å². The molecule has 0 fully saturated rings. The van der Waals surface area contributed by atoms with Crippen molar-refractivity contribution in [1.29, 1.82) is 0 Å². The van der Waals surface area contributed by atoms with Gasteiger partial charge in [0.2, 0.25) is 0 Å². The van der Waals surface area contributed by atoms with Crippen LogP contribution in [-0.2, 0) is 9.53 Å². The summed E-state index contributed by atoms with van der Waals surface area (Å²) in [6.45, 7) is 6.35. The minimum absolute atomic E-state index is 0.280. The first kappa shape index (κ1) is 11.7. The van der Waals surface area contributed by atoms with Crippen LogP contribution in [0.5, 0.6) is 0 Å². The predicted molar refractivity (Wildman–Crippen MR) is 52.1 cm³/mol. The van der Waals surface area contributed by atoms with Gasteiger partial charge in [-0.25, -0.2) is 0 Å². The average Bonchev–Trinajstić information content (AvgIpc) is 2.15. The fourth-order valence-corrected chi connectivity index (χ4v) is 0.962. The van der Waals surface area contributed by atoms with E-state index >= 15 is 0 Å². The molecule has 0 spiro atoms. The van der Waals surface area contributed by atoms with E-state index in [4.69, 9.17) is 6.42 Å². The molecular weight excluding hydrogens is 166 g/mol. The molecule has 0 bridgehead atoms. The molecule has 0 aromatic carbocycles. The summed E-state index contributed by atoms with van der Waals surface area (Å²) in [6, 6.07) is -0.320. The van der Waals surface area contributed by atoms with E-state index in [0.29, 0.717) is 13.1 Å². The lowest BCUT2D eigenvalue weighted by molar-refractivity contribution is -0.145. The van der Waals surface area contributed by atoms with Gasteiger partial charge in [0.05, 0.1) is 13.7 Å². The van der Waals surface area contributed by atoms with Crippen molar-refractivity contribution in [2.45, 2.75) is 13.0 Å². The molecule has 0 unspecified atom stereocenters. The monoisotopic (exact) mass is 181 g/mol. The molecule has 1 atom stereocenters. The average molecular weight is 181 g/mol. The molecule has 72 valence electrons. The van der Waals surface area contributed by atoms with Crippen LogP contribution in [-0.4, -0.2) is 37.1 Å². The third kappa shape index (κ3) is 3.77. The van der Waals surface area contributed by atoms with Crippen LogP contribution in [0.3, 0.4) is 0 Å². The molecule has 0 aliphatic heterocycles. The van der Waals surface area contributed by atoms with Gasteiger partial charge in [-0.05, 0) is 6.92 Å². The molecule has 0 heterocycles. The number of ether oxygens (including phenoxy) is 1. The summed E-state index contributed by atoms with van der Waals surface area (Å²) in [7, 11) is 1.36. The van der Waals surface area contributed by atoms with E-state index in [1.54, 1.807) is 17.9 Å². The standard InChI is InChI=1S/C10H15NO2/c1-5-7-11(8-6-2)9(3)10(12)13-4/h1,6,9H,2,7-8H2,3-4H3/t9-/m0/s1. The fourth-order valence-electron chi connectivity index (χ4n) is 0.962. The van der Waals surface area contributed by atoms with E-state index in [1.165, 1.54) is 7.11 Å². The van der Waals surface area contributed by atoms with Crippen molar-refractivity contribution < 1.29 is 9.53 Å². The highest BCUT2D eigenvalue weighted by molar-refractivity contribution is 5.75. The van der Waals surface area contributed by atoms with Gasteiger partial charge in [0.15, 0.2) is 0 Å². The molecule has 0 aromatic rings. The Morgan fingerprint density at radius 2 is 2.46 bits per heavy atom. The highest BCUT2D eigenvalue weighted by Gasteiger charge is 2.19. The van der Waals surface area contributed by atoms with Gasteiger partial charge >= 0.3 is 5.97 Å². The molecular formula is C10H15NO2. The summed E-state index contributed by atoms with van der Waals surface area (Å²) < 4.78 is 4.60. The van der Waals surface area contributed by atoms with E-state index in [9.17, 15) is 4.79 Å². The minimum atomic E-state index is -0.320. The summed E-state index contributed by atoms with van der Waals surface area (Å²) >= 11 is 0. The Bertz CT molecular complexity index is 217. The van der Waals surface area contributed by atoms with Crippen LogP contribution in [0.25, 0.3) is 0 Å². The number of carbonyl (C=O) groups excluding carboxylic acids is 1. The van der Waals surface area contributed by atoms with Crippen molar-refractivity contribution in [3.63, 3.8) is 0 Å². The van der Waals surface area contributed by atoms with Crippen LogP contribution in [0.2, 0.25) is 0 Å². The summed E-state index contributed by atoms with van der Waals surface area (Å²) in [5.74, 6) is 2.20. The second-order valence-electron chi connectivity index (χ2n) is 2.62. The number of rotatable bonds is 5. The smallest absolute Gasteiger partial charge is 0.322 e. The van der Waals surface area contributed by atoms with Gasteiger partial charge in [-0.1, -0.05) is 12.0 Å². The van der Waals surface area contributed by atoms with Crippen molar-refractivity contribution >= 4 is 5.97 Å². The molecule has 3 heteroatoms. The molecule has 13 heavy (non-hydrogen) atoms. The Labute approximate surface area is 79.4 Å². The number of nitrogens with zero attached hydrogens (tertiary/aromatic N) is 1. The van der Waals surface area contributed by atoms with Crippen LogP contribution in [0.15, 0.2) is 12.7 Å². The third-order valence-electron chi connectivity index (χ3n) is 1.75. The van der Waals surface area contributed by atoms with Crippen LogP contribution in [0.4, 0.5) is 0 Å². The maximum absolute atomic E-state index is 11.1. The zero-order valence-electron chi connectivity index (χ0n) is 8.12. The number of carbonyl (C=O) groups is 1. The Morgan fingerprint density at radius 1 is 1.85 bits per heavy atom. The lowest BCUT2D eigenvalue weighted by Gasteiger charge is -2.23. The molecule has 0 saturated carbocycles. The Hall–Kier alpha value is -1.27. The maximum atomic E-state index is 11.1. The number of hydrogen-bond acceptors (Lipinski definition) is 3. The van der Waals surface area contributed by atoms with Crippen molar-refractivity contribution in [3.05, 3.63) is 12.7 Å². The second kappa shape index (κ2) is 6.27. The highest BCUT2D eigenvalue weighted by atomic mass is 16.5. The van der Waals surface area contributed by atoms with Crippen LogP contribution < -0.4 is 0 Å². The van der Waals surface area contributed by atoms with Crippen LogP contribution in [0.1, 0.15) is 6.92 Å². The summed E-state index contributed by atoms with van der Waals surface area (Å²) in [6.07, 6.45) is 6.87. The lowest BCUT2D eigenvalue weighted by atomic mass is 10.3. The zero-order chi connectivity index (χ0) is 10.3. The first-order chi connectivity index (χ1) is 6.17. The summed E-state index contributed by atoms with van der Waals surface area (Å²) in [5, 5.41) is 0. The van der Waals surface area contributed by atoms with E-state index in [2.05, 4.69) is 17.2 Å². The van der Waals surface area contributed by atoms with Crippen LogP contribution in [0, 0.1) is 12.3 Å². The van der Waals surface area contributed by atoms with Crippen molar-refractivity contribution in [2.24, 2.45) is 0 Å². The zero-order valence-corrected chi connectivity index (χ0v) is 8.12. The van der Waals surface area contributed by atoms with Crippen molar-refractivity contribution in [3.8, 4) is 12.3 Å². The molecule has 0 aromatic heterocycles. The molecule has 0 saturated heterocycles. The number of hydrogen-bond donors (Lipinski definition) is 0. The fraction of sp³-hybridized carbons (Fsp3) is 0.500. The number of methoxy groups -OCH3 is 1. The topological polar surface area (TPSA) is 29.5 Å². The van der Waals surface area contributed by atoms with E-state index < -0.39 is 0 Å². The number of terminal acetylenes is 1. The largest absolute Gasteiger partial charge is 0.468 e. The van der Waals surface area contributed by atoms with Gasteiger partial charge in [-0.2, -0.15) is 0 Å².